The number of hydrogen-bond donors (Lipinski definition) is 2. The van der Waals surface area contributed by atoms with E-state index in [0.29, 0.717) is 28.3 Å². The predicted molar refractivity (Wildman–Crippen MR) is 127 cm³/mol. The summed E-state index contributed by atoms with van der Waals surface area (Å²) in [6.45, 7) is 5.79. The van der Waals surface area contributed by atoms with Crippen molar-refractivity contribution in [1.82, 2.24) is 0 Å². The van der Waals surface area contributed by atoms with Gasteiger partial charge in [-0.05, 0) is 62.0 Å². The summed E-state index contributed by atoms with van der Waals surface area (Å²) >= 11 is 0. The Kier molecular flexibility index (Phi) is 7.09. The standard InChI is InChI=1S/C25H25FNO3P/c1-4-8-17-11-23(16(5-2)14-31)30-24-20(12-18(26)13-21(17)24)15(3)27-22-10-7-6-9-19(22)25(28)29/h5-15,27,31H,4H2,1-3H3,(H,28,29)/b16-5+,17-8-. The number of rotatable bonds is 7. The van der Waals surface area contributed by atoms with Crippen LogP contribution in [-0.2, 0) is 0 Å². The highest BCUT2D eigenvalue weighted by molar-refractivity contribution is 7.19. The molecule has 0 bridgehead atoms. The second-order valence-electron chi connectivity index (χ2n) is 7.16. The Morgan fingerprint density at radius 1 is 1.32 bits per heavy atom. The molecule has 2 N–H and O–H groups in total. The van der Waals surface area contributed by atoms with Crippen molar-refractivity contribution < 1.29 is 19.0 Å². The number of carboxylic acid groups (broad SMARTS) is 1. The maximum absolute atomic E-state index is 14.6. The first kappa shape index (κ1) is 22.5. The molecular weight excluding hydrogens is 412 g/mol. The molecule has 4 nitrogen and oxygen atoms in total. The summed E-state index contributed by atoms with van der Waals surface area (Å²) in [6.07, 6.45) is 6.64. The van der Waals surface area contributed by atoms with Crippen molar-refractivity contribution in [2.75, 3.05) is 5.32 Å². The van der Waals surface area contributed by atoms with E-state index in [2.05, 4.69) is 14.2 Å². The topological polar surface area (TPSA) is 58.6 Å². The van der Waals surface area contributed by atoms with Crippen LogP contribution in [0, 0.1) is 5.82 Å². The van der Waals surface area contributed by atoms with Crippen molar-refractivity contribution in [2.24, 2.45) is 0 Å². The number of ether oxygens (including phenoxy) is 1. The Balaban J connectivity index is 2.10. The van der Waals surface area contributed by atoms with Crippen molar-refractivity contribution in [2.45, 2.75) is 33.2 Å². The Morgan fingerprint density at radius 2 is 2.06 bits per heavy atom. The Morgan fingerprint density at radius 3 is 2.71 bits per heavy atom. The van der Waals surface area contributed by atoms with Gasteiger partial charge in [0.25, 0.3) is 0 Å². The van der Waals surface area contributed by atoms with Gasteiger partial charge in [0, 0.05) is 22.4 Å². The van der Waals surface area contributed by atoms with Gasteiger partial charge >= 0.3 is 5.97 Å². The molecule has 1 heterocycles. The molecule has 6 heteroatoms. The fourth-order valence-electron chi connectivity index (χ4n) is 3.56. The third kappa shape index (κ3) is 4.78. The van der Waals surface area contributed by atoms with E-state index in [9.17, 15) is 14.3 Å². The maximum Gasteiger partial charge on any atom is 0.337 e. The van der Waals surface area contributed by atoms with Gasteiger partial charge in [0.1, 0.15) is 17.3 Å². The summed E-state index contributed by atoms with van der Waals surface area (Å²) in [6, 6.07) is 9.14. The van der Waals surface area contributed by atoms with Gasteiger partial charge in [-0.1, -0.05) is 31.2 Å². The van der Waals surface area contributed by atoms with Gasteiger partial charge in [0.2, 0.25) is 0 Å². The van der Waals surface area contributed by atoms with Crippen LogP contribution in [0.25, 0.3) is 5.57 Å². The molecule has 1 aliphatic rings. The molecule has 0 radical (unpaired) electrons. The van der Waals surface area contributed by atoms with E-state index in [0.717, 1.165) is 17.6 Å². The van der Waals surface area contributed by atoms with E-state index in [4.69, 9.17) is 4.74 Å². The third-order valence-corrected chi connectivity index (χ3v) is 5.37. The molecule has 1 atom stereocenters. The number of aromatic carboxylic acids is 1. The lowest BCUT2D eigenvalue weighted by atomic mass is 9.93. The number of fused-ring (bicyclic) bond motifs is 1. The lowest BCUT2D eigenvalue weighted by molar-refractivity contribution is 0.0698. The largest absolute Gasteiger partial charge is 0.478 e. The van der Waals surface area contributed by atoms with Crippen LogP contribution >= 0.6 is 8.86 Å². The first-order valence-electron chi connectivity index (χ1n) is 10.1. The molecule has 0 fully saturated rings. The lowest BCUT2D eigenvalue weighted by Gasteiger charge is -2.27. The number of para-hydroxylation sites is 1. The van der Waals surface area contributed by atoms with Crippen molar-refractivity contribution >= 4 is 31.9 Å². The van der Waals surface area contributed by atoms with Crippen molar-refractivity contribution in [1.29, 1.82) is 0 Å². The quantitative estimate of drug-likeness (QED) is 0.476. The van der Waals surface area contributed by atoms with Crippen molar-refractivity contribution in [3.8, 4) is 5.75 Å². The smallest absolute Gasteiger partial charge is 0.337 e. The summed E-state index contributed by atoms with van der Waals surface area (Å²) in [4.78, 5) is 11.6. The van der Waals surface area contributed by atoms with Crippen LogP contribution in [0.5, 0.6) is 5.75 Å². The van der Waals surface area contributed by atoms with E-state index < -0.39 is 12.0 Å². The molecule has 160 valence electrons. The summed E-state index contributed by atoms with van der Waals surface area (Å²) in [5.74, 6) is 1.56. The normalized spacial score (nSPS) is 15.5. The molecule has 1 aliphatic heterocycles. The van der Waals surface area contributed by atoms with Crippen LogP contribution in [0.1, 0.15) is 54.7 Å². The zero-order valence-electron chi connectivity index (χ0n) is 17.7. The molecule has 31 heavy (non-hydrogen) atoms. The van der Waals surface area contributed by atoms with Gasteiger partial charge in [-0.15, -0.1) is 8.86 Å². The minimum Gasteiger partial charge on any atom is -0.478 e. The number of halogens is 1. The highest BCUT2D eigenvalue weighted by Crippen LogP contribution is 2.42. The molecule has 2 aromatic rings. The minimum absolute atomic E-state index is 0.150. The molecule has 3 rings (SSSR count). The average Bonchev–Trinajstić information content (AvgIpc) is 2.75. The summed E-state index contributed by atoms with van der Waals surface area (Å²) < 4.78 is 20.9. The molecule has 1 unspecified atom stereocenters. The fraction of sp³-hybridized carbons (Fsp3) is 0.200. The molecule has 0 amide bonds. The molecule has 2 aromatic carbocycles. The van der Waals surface area contributed by atoms with Crippen LogP contribution in [0.4, 0.5) is 10.1 Å². The van der Waals surface area contributed by atoms with Gasteiger partial charge in [0.15, 0.2) is 0 Å². The van der Waals surface area contributed by atoms with Crippen molar-refractivity contribution in [3.63, 3.8) is 0 Å². The van der Waals surface area contributed by atoms with Crippen LogP contribution in [0.15, 0.2) is 66.0 Å². The summed E-state index contributed by atoms with van der Waals surface area (Å²) in [7, 11) is 3.43. The minimum atomic E-state index is -1.03. The van der Waals surface area contributed by atoms with Crippen LogP contribution in [0.2, 0.25) is 0 Å². The first-order valence-corrected chi connectivity index (χ1v) is 10.7. The number of benzene rings is 2. The zero-order valence-corrected chi connectivity index (χ0v) is 18.7. The molecule has 0 saturated heterocycles. The number of allylic oxidation sites excluding steroid dienone is 5. The third-order valence-electron chi connectivity index (χ3n) is 5.06. The van der Waals surface area contributed by atoms with Gasteiger partial charge in [0.05, 0.1) is 11.6 Å². The fourth-order valence-corrected chi connectivity index (χ4v) is 3.87. The monoisotopic (exact) mass is 437 g/mol. The van der Waals surface area contributed by atoms with E-state index in [1.807, 2.05) is 39.0 Å². The van der Waals surface area contributed by atoms with E-state index in [-0.39, 0.29) is 11.4 Å². The highest BCUT2D eigenvalue weighted by atomic mass is 31.0. The molecule has 0 aliphatic carbocycles. The lowest BCUT2D eigenvalue weighted by Crippen LogP contribution is -2.15. The second-order valence-corrected chi connectivity index (χ2v) is 7.44. The SMILES string of the molecule is C/C=C(\C=P)C1=C/C(=C/CC)c2cc(F)cc(C(C)Nc3ccccc3C(=O)O)c2O1. The number of anilines is 1. The number of carboxylic acids is 1. The highest BCUT2D eigenvalue weighted by Gasteiger charge is 2.25. The van der Waals surface area contributed by atoms with E-state index in [1.54, 1.807) is 24.0 Å². The predicted octanol–water partition coefficient (Wildman–Crippen LogP) is 6.66. The molecule has 0 saturated carbocycles. The first-order chi connectivity index (χ1) is 14.9. The molecule has 0 aromatic heterocycles. The summed E-state index contributed by atoms with van der Waals surface area (Å²) in [5.41, 5.74) is 3.62. The van der Waals surface area contributed by atoms with Crippen molar-refractivity contribution in [3.05, 3.63) is 88.5 Å². The second kappa shape index (κ2) is 9.76. The Bertz CT molecular complexity index is 1120. The average molecular weight is 437 g/mol. The van der Waals surface area contributed by atoms with E-state index >= 15 is 0 Å². The van der Waals surface area contributed by atoms with Gasteiger partial charge < -0.3 is 15.2 Å². The van der Waals surface area contributed by atoms with Crippen LogP contribution < -0.4 is 10.1 Å². The molecular formula is C25H25FNO3P. The van der Waals surface area contributed by atoms with Gasteiger partial charge in [-0.2, -0.15) is 0 Å². The summed E-state index contributed by atoms with van der Waals surface area (Å²) in [5, 5.41) is 12.7. The number of hydrogen-bond acceptors (Lipinski definition) is 3. The molecule has 0 spiro atoms. The zero-order chi connectivity index (χ0) is 22.5. The van der Waals surface area contributed by atoms with E-state index in [1.165, 1.54) is 18.2 Å². The number of nitrogens with one attached hydrogen (secondary N) is 1. The Labute approximate surface area is 184 Å². The maximum atomic E-state index is 14.6. The van der Waals surface area contributed by atoms with Gasteiger partial charge in [-0.3, -0.25) is 0 Å². The Hall–Kier alpha value is -3.17. The van der Waals surface area contributed by atoms with Crippen LogP contribution in [-0.4, -0.2) is 16.9 Å². The number of carbonyl (C=O) groups is 1. The van der Waals surface area contributed by atoms with Gasteiger partial charge in [-0.25, -0.2) is 9.18 Å². The van der Waals surface area contributed by atoms with Crippen LogP contribution in [0.3, 0.4) is 0 Å².